The first-order valence-corrected chi connectivity index (χ1v) is 5.02. The minimum atomic E-state index is -0.164. The Labute approximate surface area is 75.4 Å². The highest BCUT2D eigenvalue weighted by atomic mass is 16.3. The van der Waals surface area contributed by atoms with Gasteiger partial charge in [-0.1, -0.05) is 26.2 Å². The van der Waals surface area contributed by atoms with E-state index < -0.39 is 0 Å². The van der Waals surface area contributed by atoms with Crippen LogP contribution in [0.25, 0.3) is 0 Å². The molecule has 72 valence electrons. The average molecular weight is 171 g/mol. The van der Waals surface area contributed by atoms with E-state index in [0.29, 0.717) is 0 Å². The van der Waals surface area contributed by atoms with Crippen molar-refractivity contribution in [2.45, 2.75) is 45.1 Å². The van der Waals surface area contributed by atoms with Gasteiger partial charge >= 0.3 is 0 Å². The third-order valence-electron chi connectivity index (χ3n) is 3.20. The Morgan fingerprint density at radius 3 is 2.42 bits per heavy atom. The molecule has 0 aromatic rings. The quantitative estimate of drug-likeness (QED) is 0.675. The Hall–Kier alpha value is -0.0800. The van der Waals surface area contributed by atoms with Crippen molar-refractivity contribution in [3.63, 3.8) is 0 Å². The maximum atomic E-state index is 9.87. The molecule has 0 heterocycles. The normalized spacial score (nSPS) is 25.2. The van der Waals surface area contributed by atoms with E-state index >= 15 is 0 Å². The van der Waals surface area contributed by atoms with Gasteiger partial charge in [-0.2, -0.15) is 0 Å². The first-order valence-electron chi connectivity index (χ1n) is 5.02. The fourth-order valence-electron chi connectivity index (χ4n) is 2.13. The van der Waals surface area contributed by atoms with Gasteiger partial charge in [0.1, 0.15) is 0 Å². The molecule has 1 atom stereocenters. The van der Waals surface area contributed by atoms with Gasteiger partial charge in [0.05, 0.1) is 6.10 Å². The van der Waals surface area contributed by atoms with Crippen LogP contribution in [0.15, 0.2) is 0 Å². The summed E-state index contributed by atoms with van der Waals surface area (Å²) in [7, 11) is 1.90. The highest BCUT2D eigenvalue weighted by molar-refractivity contribution is 4.85. The van der Waals surface area contributed by atoms with E-state index in [-0.39, 0.29) is 11.5 Å². The summed E-state index contributed by atoms with van der Waals surface area (Å²) in [6, 6.07) is 0. The third-order valence-corrected chi connectivity index (χ3v) is 3.20. The van der Waals surface area contributed by atoms with E-state index in [9.17, 15) is 5.11 Å². The number of aliphatic hydroxyl groups excluding tert-OH is 1. The van der Waals surface area contributed by atoms with E-state index in [1.165, 1.54) is 32.1 Å². The average Bonchev–Trinajstić information content (AvgIpc) is 2.06. The van der Waals surface area contributed by atoms with E-state index in [1.807, 2.05) is 7.05 Å². The van der Waals surface area contributed by atoms with E-state index in [0.717, 1.165) is 6.54 Å². The van der Waals surface area contributed by atoms with Gasteiger partial charge in [-0.3, -0.25) is 0 Å². The summed E-state index contributed by atoms with van der Waals surface area (Å²) in [5.74, 6) is 0. The molecule has 0 saturated heterocycles. The van der Waals surface area contributed by atoms with Crippen LogP contribution in [0.3, 0.4) is 0 Å². The van der Waals surface area contributed by atoms with Crippen LogP contribution in [-0.2, 0) is 0 Å². The zero-order chi connectivity index (χ0) is 9.03. The molecule has 0 aromatic carbocycles. The predicted octanol–water partition coefficient (Wildman–Crippen LogP) is 1.54. The van der Waals surface area contributed by atoms with E-state index in [1.54, 1.807) is 0 Å². The monoisotopic (exact) mass is 171 g/mol. The summed E-state index contributed by atoms with van der Waals surface area (Å²) in [4.78, 5) is 0. The molecule has 0 bridgehead atoms. The molecule has 0 aromatic heterocycles. The fourth-order valence-corrected chi connectivity index (χ4v) is 2.13. The maximum Gasteiger partial charge on any atom is 0.0717 e. The van der Waals surface area contributed by atoms with Crippen molar-refractivity contribution in [2.75, 3.05) is 13.6 Å². The van der Waals surface area contributed by atoms with Crippen LogP contribution in [0.2, 0.25) is 0 Å². The lowest BCUT2D eigenvalue weighted by Crippen LogP contribution is -2.40. The minimum absolute atomic E-state index is 0.164. The van der Waals surface area contributed by atoms with Gasteiger partial charge < -0.3 is 10.4 Å². The van der Waals surface area contributed by atoms with Gasteiger partial charge in [0.15, 0.2) is 0 Å². The number of hydrogen-bond acceptors (Lipinski definition) is 2. The Kier molecular flexibility index (Phi) is 3.53. The van der Waals surface area contributed by atoms with Crippen LogP contribution in [0.5, 0.6) is 0 Å². The van der Waals surface area contributed by atoms with Crippen molar-refractivity contribution in [1.82, 2.24) is 5.32 Å². The highest BCUT2D eigenvalue weighted by Crippen LogP contribution is 2.38. The zero-order valence-electron chi connectivity index (χ0n) is 8.27. The fraction of sp³-hybridized carbons (Fsp3) is 1.00. The molecule has 1 aliphatic carbocycles. The van der Waals surface area contributed by atoms with Crippen LogP contribution in [0.4, 0.5) is 0 Å². The molecule has 1 saturated carbocycles. The van der Waals surface area contributed by atoms with Crippen LogP contribution < -0.4 is 5.32 Å². The smallest absolute Gasteiger partial charge is 0.0717 e. The van der Waals surface area contributed by atoms with Crippen molar-refractivity contribution >= 4 is 0 Å². The minimum Gasteiger partial charge on any atom is -0.391 e. The zero-order valence-corrected chi connectivity index (χ0v) is 8.27. The van der Waals surface area contributed by atoms with Crippen molar-refractivity contribution in [3.05, 3.63) is 0 Å². The van der Waals surface area contributed by atoms with Gasteiger partial charge in [0, 0.05) is 6.54 Å². The Morgan fingerprint density at radius 1 is 1.33 bits per heavy atom. The maximum absolute atomic E-state index is 9.87. The van der Waals surface area contributed by atoms with Gasteiger partial charge in [0.25, 0.3) is 0 Å². The second-order valence-electron chi connectivity index (χ2n) is 4.29. The molecule has 1 fully saturated rings. The molecular weight excluding hydrogens is 150 g/mol. The highest BCUT2D eigenvalue weighted by Gasteiger charge is 2.33. The van der Waals surface area contributed by atoms with E-state index in [2.05, 4.69) is 12.2 Å². The summed E-state index contributed by atoms with van der Waals surface area (Å²) in [5, 5.41) is 12.9. The summed E-state index contributed by atoms with van der Waals surface area (Å²) >= 11 is 0. The van der Waals surface area contributed by atoms with Crippen molar-refractivity contribution in [2.24, 2.45) is 5.41 Å². The second-order valence-corrected chi connectivity index (χ2v) is 4.29. The Morgan fingerprint density at radius 2 is 1.92 bits per heavy atom. The SMILES string of the molecule is CNCC(O)C1(C)CCCCC1. The molecular formula is C10H21NO. The Bertz CT molecular complexity index is 130. The van der Waals surface area contributed by atoms with Crippen molar-refractivity contribution < 1.29 is 5.11 Å². The molecule has 1 aliphatic rings. The molecule has 0 radical (unpaired) electrons. The standard InChI is InChI=1S/C10H21NO/c1-10(9(12)8-11-2)6-4-3-5-7-10/h9,11-12H,3-8H2,1-2H3. The molecule has 2 nitrogen and oxygen atoms in total. The lowest BCUT2D eigenvalue weighted by Gasteiger charge is -2.37. The lowest BCUT2D eigenvalue weighted by atomic mass is 9.72. The first-order chi connectivity index (χ1) is 5.69. The first kappa shape index (κ1) is 10.0. The topological polar surface area (TPSA) is 32.3 Å². The molecule has 2 N–H and O–H groups in total. The van der Waals surface area contributed by atoms with Gasteiger partial charge in [-0.15, -0.1) is 0 Å². The van der Waals surface area contributed by atoms with Crippen LogP contribution in [0, 0.1) is 5.41 Å². The van der Waals surface area contributed by atoms with Crippen LogP contribution in [0.1, 0.15) is 39.0 Å². The molecule has 1 unspecified atom stereocenters. The molecule has 0 amide bonds. The number of hydrogen-bond donors (Lipinski definition) is 2. The number of rotatable bonds is 3. The number of aliphatic hydroxyl groups is 1. The number of likely N-dealkylation sites (N-methyl/N-ethyl adjacent to an activating group) is 1. The summed E-state index contributed by atoms with van der Waals surface area (Å²) in [6.45, 7) is 2.95. The molecule has 0 aliphatic heterocycles. The molecule has 0 spiro atoms. The van der Waals surface area contributed by atoms with Crippen LogP contribution >= 0.6 is 0 Å². The lowest BCUT2D eigenvalue weighted by molar-refractivity contribution is 0.0119. The van der Waals surface area contributed by atoms with Gasteiger partial charge in [-0.05, 0) is 25.3 Å². The van der Waals surface area contributed by atoms with Crippen LogP contribution in [-0.4, -0.2) is 24.8 Å². The summed E-state index contributed by atoms with van der Waals surface area (Å²) in [5.41, 5.74) is 0.182. The van der Waals surface area contributed by atoms with Gasteiger partial charge in [-0.25, -0.2) is 0 Å². The molecule has 1 rings (SSSR count). The van der Waals surface area contributed by atoms with Gasteiger partial charge in [0.2, 0.25) is 0 Å². The summed E-state index contributed by atoms with van der Waals surface area (Å²) in [6.07, 6.45) is 6.14. The third kappa shape index (κ3) is 2.20. The molecule has 12 heavy (non-hydrogen) atoms. The van der Waals surface area contributed by atoms with Crippen molar-refractivity contribution in [1.29, 1.82) is 0 Å². The second kappa shape index (κ2) is 4.24. The van der Waals surface area contributed by atoms with Crippen molar-refractivity contribution in [3.8, 4) is 0 Å². The number of nitrogens with one attached hydrogen (secondary N) is 1. The summed E-state index contributed by atoms with van der Waals surface area (Å²) < 4.78 is 0. The molecule has 2 heteroatoms. The predicted molar refractivity (Wildman–Crippen MR) is 51.1 cm³/mol. The Balaban J connectivity index is 2.44. The largest absolute Gasteiger partial charge is 0.391 e. The van der Waals surface area contributed by atoms with E-state index in [4.69, 9.17) is 0 Å².